The predicted molar refractivity (Wildman–Crippen MR) is 128 cm³/mol. The van der Waals surface area contributed by atoms with E-state index >= 15 is 0 Å². The molecule has 0 saturated carbocycles. The molecule has 0 spiro atoms. The molecule has 2 amide bonds. The van der Waals surface area contributed by atoms with Gasteiger partial charge in [0.25, 0.3) is 5.91 Å². The van der Waals surface area contributed by atoms with Crippen molar-refractivity contribution in [2.45, 2.75) is 33.1 Å². The Kier molecular flexibility index (Phi) is 7.48. The van der Waals surface area contributed by atoms with Crippen LogP contribution in [0.5, 0.6) is 0 Å². The second kappa shape index (κ2) is 10.3. The first kappa shape index (κ1) is 22.6. The maximum absolute atomic E-state index is 12.9. The minimum atomic E-state index is -0.347. The normalized spacial score (nSPS) is 11.8. The van der Waals surface area contributed by atoms with Crippen molar-refractivity contribution in [3.05, 3.63) is 94.5 Å². The molecule has 2 N–H and O–H groups in total. The molecule has 3 rings (SSSR count). The molecule has 0 unspecified atom stereocenters. The Morgan fingerprint density at radius 1 is 0.839 bits per heavy atom. The van der Waals surface area contributed by atoms with Crippen LogP contribution in [0.4, 0.5) is 11.4 Å². The lowest BCUT2D eigenvalue weighted by Gasteiger charge is -2.16. The van der Waals surface area contributed by atoms with Gasteiger partial charge in [0.2, 0.25) is 5.91 Å². The number of hydrogen-bond donors (Lipinski definition) is 2. The fourth-order valence-corrected chi connectivity index (χ4v) is 3.45. The molecule has 5 heteroatoms. The monoisotopic (exact) mass is 434 g/mol. The molecule has 3 aromatic carbocycles. The van der Waals surface area contributed by atoms with Crippen molar-refractivity contribution in [2.75, 3.05) is 10.6 Å². The van der Waals surface area contributed by atoms with Gasteiger partial charge in [0.15, 0.2) is 0 Å². The van der Waals surface area contributed by atoms with E-state index in [1.807, 2.05) is 19.1 Å². The van der Waals surface area contributed by atoms with Gasteiger partial charge in [0.05, 0.1) is 17.2 Å². The molecule has 0 fully saturated rings. The highest BCUT2D eigenvalue weighted by atomic mass is 35.5. The van der Waals surface area contributed by atoms with E-state index in [9.17, 15) is 9.59 Å². The summed E-state index contributed by atoms with van der Waals surface area (Å²) in [5.74, 6) is -0.227. The minimum absolute atomic E-state index is 0.164. The van der Waals surface area contributed by atoms with Gasteiger partial charge in [-0.05, 0) is 66.8 Å². The van der Waals surface area contributed by atoms with Gasteiger partial charge in [0.1, 0.15) is 0 Å². The SMILES string of the molecule is CC(C)Cc1ccc([C@H](C)C(=O)Nc2ccccc2C(=O)Nc2ccc(Cl)cc2)cc1. The van der Waals surface area contributed by atoms with Gasteiger partial charge in [-0.1, -0.05) is 61.8 Å². The second-order valence-corrected chi connectivity index (χ2v) is 8.49. The number of nitrogens with one attached hydrogen (secondary N) is 2. The smallest absolute Gasteiger partial charge is 0.257 e. The highest BCUT2D eigenvalue weighted by Gasteiger charge is 2.19. The van der Waals surface area contributed by atoms with Gasteiger partial charge in [-0.3, -0.25) is 9.59 Å². The number of halogens is 1. The van der Waals surface area contributed by atoms with Crippen molar-refractivity contribution in [1.82, 2.24) is 0 Å². The topological polar surface area (TPSA) is 58.2 Å². The number of anilines is 2. The highest BCUT2D eigenvalue weighted by Crippen LogP contribution is 2.23. The molecule has 4 nitrogen and oxygen atoms in total. The van der Waals surface area contributed by atoms with E-state index in [1.165, 1.54) is 5.56 Å². The molecular weight excluding hydrogens is 408 g/mol. The average molecular weight is 435 g/mol. The molecular formula is C26H27ClN2O2. The summed E-state index contributed by atoms with van der Waals surface area (Å²) in [5, 5.41) is 6.34. The third-order valence-corrected chi connectivity index (χ3v) is 5.30. The summed E-state index contributed by atoms with van der Waals surface area (Å²) in [6.45, 7) is 6.23. The van der Waals surface area contributed by atoms with Crippen molar-refractivity contribution >= 4 is 34.8 Å². The number of rotatable bonds is 7. The molecule has 1 atom stereocenters. The predicted octanol–water partition coefficient (Wildman–Crippen LogP) is 6.53. The molecule has 0 bridgehead atoms. The van der Waals surface area contributed by atoms with Gasteiger partial charge < -0.3 is 10.6 Å². The van der Waals surface area contributed by atoms with Gasteiger partial charge in [-0.25, -0.2) is 0 Å². The summed E-state index contributed by atoms with van der Waals surface area (Å²) >= 11 is 5.90. The summed E-state index contributed by atoms with van der Waals surface area (Å²) in [7, 11) is 0. The molecule has 0 aliphatic carbocycles. The molecule has 0 radical (unpaired) electrons. The lowest BCUT2D eigenvalue weighted by Crippen LogP contribution is -2.22. The first-order valence-corrected chi connectivity index (χ1v) is 10.8. The van der Waals surface area contributed by atoms with Crippen LogP contribution in [-0.4, -0.2) is 11.8 Å². The zero-order valence-corrected chi connectivity index (χ0v) is 18.7. The Morgan fingerprint density at radius 2 is 1.48 bits per heavy atom. The Morgan fingerprint density at radius 3 is 2.13 bits per heavy atom. The number of para-hydroxylation sites is 1. The summed E-state index contributed by atoms with van der Waals surface area (Å²) < 4.78 is 0. The van der Waals surface area contributed by atoms with E-state index in [0.29, 0.717) is 27.9 Å². The molecule has 0 aliphatic rings. The van der Waals surface area contributed by atoms with Crippen LogP contribution >= 0.6 is 11.6 Å². The summed E-state index contributed by atoms with van der Waals surface area (Å²) in [6, 6.07) is 22.0. The van der Waals surface area contributed by atoms with Gasteiger partial charge in [-0.2, -0.15) is 0 Å². The average Bonchev–Trinajstić information content (AvgIpc) is 2.75. The molecule has 3 aromatic rings. The van der Waals surface area contributed by atoms with E-state index in [4.69, 9.17) is 11.6 Å². The lowest BCUT2D eigenvalue weighted by molar-refractivity contribution is -0.117. The van der Waals surface area contributed by atoms with Crippen molar-refractivity contribution < 1.29 is 9.59 Å². The van der Waals surface area contributed by atoms with Crippen molar-refractivity contribution in [3.8, 4) is 0 Å². The Balaban J connectivity index is 1.71. The van der Waals surface area contributed by atoms with Crippen LogP contribution in [0.3, 0.4) is 0 Å². The lowest BCUT2D eigenvalue weighted by atomic mass is 9.96. The first-order valence-electron chi connectivity index (χ1n) is 10.4. The maximum Gasteiger partial charge on any atom is 0.257 e. The zero-order chi connectivity index (χ0) is 22.4. The van der Waals surface area contributed by atoms with Crippen LogP contribution in [0.2, 0.25) is 5.02 Å². The largest absolute Gasteiger partial charge is 0.325 e. The van der Waals surface area contributed by atoms with Crippen LogP contribution in [-0.2, 0) is 11.2 Å². The summed E-state index contributed by atoms with van der Waals surface area (Å²) in [5.41, 5.74) is 3.70. The van der Waals surface area contributed by atoms with E-state index < -0.39 is 0 Å². The van der Waals surface area contributed by atoms with Gasteiger partial charge >= 0.3 is 0 Å². The van der Waals surface area contributed by atoms with Crippen LogP contribution in [0.1, 0.15) is 48.2 Å². The maximum atomic E-state index is 12.9. The van der Waals surface area contributed by atoms with E-state index in [-0.39, 0.29) is 17.7 Å². The van der Waals surface area contributed by atoms with Crippen LogP contribution < -0.4 is 10.6 Å². The van der Waals surface area contributed by atoms with Crippen molar-refractivity contribution in [1.29, 1.82) is 0 Å². The number of hydrogen-bond acceptors (Lipinski definition) is 2. The second-order valence-electron chi connectivity index (χ2n) is 8.06. The summed E-state index contributed by atoms with van der Waals surface area (Å²) in [4.78, 5) is 25.7. The van der Waals surface area contributed by atoms with Crippen LogP contribution in [0, 0.1) is 5.92 Å². The van der Waals surface area contributed by atoms with Gasteiger partial charge in [0, 0.05) is 10.7 Å². The molecule has 0 saturated heterocycles. The molecule has 160 valence electrons. The number of amides is 2. The van der Waals surface area contributed by atoms with E-state index in [2.05, 4.69) is 36.6 Å². The van der Waals surface area contributed by atoms with Gasteiger partial charge in [-0.15, -0.1) is 0 Å². The van der Waals surface area contributed by atoms with E-state index in [1.54, 1.807) is 48.5 Å². The third kappa shape index (κ3) is 6.19. The molecule has 31 heavy (non-hydrogen) atoms. The highest BCUT2D eigenvalue weighted by molar-refractivity contribution is 6.30. The number of carbonyl (C=O) groups is 2. The number of carbonyl (C=O) groups excluding carboxylic acids is 2. The fourth-order valence-electron chi connectivity index (χ4n) is 3.33. The summed E-state index contributed by atoms with van der Waals surface area (Å²) in [6.07, 6.45) is 1.01. The quantitative estimate of drug-likeness (QED) is 0.444. The molecule has 0 aliphatic heterocycles. The molecule has 0 heterocycles. The Labute approximate surface area is 188 Å². The van der Waals surface area contributed by atoms with Crippen molar-refractivity contribution in [3.63, 3.8) is 0 Å². The standard InChI is InChI=1S/C26H27ClN2O2/c1-17(2)16-19-8-10-20(11-9-19)18(3)25(30)29-24-7-5-4-6-23(24)26(31)28-22-14-12-21(27)13-15-22/h4-15,17-18H,16H2,1-3H3,(H,28,31)(H,29,30)/t18-/m0/s1. The van der Waals surface area contributed by atoms with Crippen molar-refractivity contribution in [2.24, 2.45) is 5.92 Å². The fraction of sp³-hybridized carbons (Fsp3) is 0.231. The first-order chi connectivity index (χ1) is 14.8. The third-order valence-electron chi connectivity index (χ3n) is 5.05. The Hall–Kier alpha value is -3.11. The molecule has 0 aromatic heterocycles. The van der Waals surface area contributed by atoms with Crippen LogP contribution in [0.25, 0.3) is 0 Å². The minimum Gasteiger partial charge on any atom is -0.325 e. The Bertz CT molecular complexity index is 1040. The number of benzene rings is 3. The van der Waals surface area contributed by atoms with Crippen LogP contribution in [0.15, 0.2) is 72.8 Å². The zero-order valence-electron chi connectivity index (χ0n) is 18.0. The van der Waals surface area contributed by atoms with E-state index in [0.717, 1.165) is 12.0 Å².